The molecule has 0 bridgehead atoms. The van der Waals surface area contributed by atoms with Crippen molar-refractivity contribution >= 4 is 11.9 Å². The molecule has 0 atom stereocenters. The molecule has 0 saturated carbocycles. The highest BCUT2D eigenvalue weighted by atomic mass is 16.5. The molecule has 0 fully saturated rings. The van der Waals surface area contributed by atoms with Gasteiger partial charge in [0.2, 0.25) is 5.91 Å². The molecule has 0 aromatic heterocycles. The topological polar surface area (TPSA) is 78.9 Å². The van der Waals surface area contributed by atoms with Gasteiger partial charge in [-0.2, -0.15) is 0 Å². The zero-order chi connectivity index (χ0) is 15.0. The lowest BCUT2D eigenvalue weighted by molar-refractivity contribution is -0.143. The van der Waals surface area contributed by atoms with Gasteiger partial charge in [-0.05, 0) is 25.2 Å². The van der Waals surface area contributed by atoms with Crippen LogP contribution in [-0.2, 0) is 27.4 Å². The molecule has 0 aliphatic carbocycles. The standard InChI is InChI=1S/C14H20N2O4/c1-16(2)8-12-6-4-3-5-11(12)7-15-13(17)9-20-10-14(18)19/h3-6H,7-10H2,1-2H3,(H,15,17)(H,18,19). The summed E-state index contributed by atoms with van der Waals surface area (Å²) in [5.41, 5.74) is 2.18. The van der Waals surface area contributed by atoms with E-state index in [4.69, 9.17) is 9.84 Å². The molecule has 20 heavy (non-hydrogen) atoms. The van der Waals surface area contributed by atoms with E-state index in [0.717, 1.165) is 17.7 Å². The van der Waals surface area contributed by atoms with E-state index in [9.17, 15) is 9.59 Å². The van der Waals surface area contributed by atoms with E-state index in [-0.39, 0.29) is 12.5 Å². The number of carboxylic acid groups (broad SMARTS) is 1. The summed E-state index contributed by atoms with van der Waals surface area (Å²) >= 11 is 0. The van der Waals surface area contributed by atoms with Crippen molar-refractivity contribution < 1.29 is 19.4 Å². The average Bonchev–Trinajstić information content (AvgIpc) is 2.36. The zero-order valence-corrected chi connectivity index (χ0v) is 11.8. The molecule has 1 aromatic rings. The van der Waals surface area contributed by atoms with Gasteiger partial charge in [0.1, 0.15) is 13.2 Å². The van der Waals surface area contributed by atoms with Crippen molar-refractivity contribution in [2.24, 2.45) is 0 Å². The van der Waals surface area contributed by atoms with Gasteiger partial charge in [0, 0.05) is 13.1 Å². The van der Waals surface area contributed by atoms with Crippen LogP contribution < -0.4 is 5.32 Å². The van der Waals surface area contributed by atoms with Crippen LogP contribution in [0.15, 0.2) is 24.3 Å². The summed E-state index contributed by atoms with van der Waals surface area (Å²) < 4.78 is 4.72. The van der Waals surface area contributed by atoms with Gasteiger partial charge in [-0.3, -0.25) is 4.79 Å². The van der Waals surface area contributed by atoms with Crippen LogP contribution in [0.2, 0.25) is 0 Å². The Balaban J connectivity index is 2.44. The van der Waals surface area contributed by atoms with Gasteiger partial charge >= 0.3 is 5.97 Å². The molecule has 0 unspecified atom stereocenters. The number of hydrogen-bond donors (Lipinski definition) is 2. The van der Waals surface area contributed by atoms with Crippen LogP contribution in [0.1, 0.15) is 11.1 Å². The molecule has 0 saturated heterocycles. The van der Waals surface area contributed by atoms with Gasteiger partial charge < -0.3 is 20.1 Å². The number of amides is 1. The molecular weight excluding hydrogens is 260 g/mol. The lowest BCUT2D eigenvalue weighted by Crippen LogP contribution is -2.28. The SMILES string of the molecule is CN(C)Cc1ccccc1CNC(=O)COCC(=O)O. The third-order valence-corrected chi connectivity index (χ3v) is 2.54. The predicted octanol–water partition coefficient (Wildman–Crippen LogP) is 0.466. The van der Waals surface area contributed by atoms with Crippen molar-refractivity contribution in [3.8, 4) is 0 Å². The number of rotatable bonds is 8. The van der Waals surface area contributed by atoms with Gasteiger partial charge in [-0.1, -0.05) is 24.3 Å². The third kappa shape index (κ3) is 6.31. The molecule has 2 N–H and O–H groups in total. The Kier molecular flexibility index (Phi) is 6.69. The average molecular weight is 280 g/mol. The minimum Gasteiger partial charge on any atom is -0.480 e. The molecule has 0 radical (unpaired) electrons. The van der Waals surface area contributed by atoms with Gasteiger partial charge in [0.15, 0.2) is 0 Å². The molecule has 1 amide bonds. The Morgan fingerprint density at radius 3 is 2.45 bits per heavy atom. The number of benzene rings is 1. The normalized spacial score (nSPS) is 10.6. The van der Waals surface area contributed by atoms with Crippen molar-refractivity contribution in [2.45, 2.75) is 13.1 Å². The number of ether oxygens (including phenoxy) is 1. The minimum atomic E-state index is -1.09. The molecule has 6 nitrogen and oxygen atoms in total. The summed E-state index contributed by atoms with van der Waals surface area (Å²) in [6.45, 7) is 0.480. The van der Waals surface area contributed by atoms with Crippen molar-refractivity contribution in [2.75, 3.05) is 27.3 Å². The smallest absolute Gasteiger partial charge is 0.329 e. The first-order valence-corrected chi connectivity index (χ1v) is 6.26. The minimum absolute atomic E-state index is 0.248. The number of hydrogen-bond acceptors (Lipinski definition) is 4. The van der Waals surface area contributed by atoms with Crippen molar-refractivity contribution in [3.05, 3.63) is 35.4 Å². The summed E-state index contributed by atoms with van der Waals surface area (Å²) in [6, 6.07) is 7.85. The maximum absolute atomic E-state index is 11.5. The van der Waals surface area contributed by atoms with Gasteiger partial charge in [0.25, 0.3) is 0 Å². The molecule has 0 heterocycles. The molecule has 1 aromatic carbocycles. The van der Waals surface area contributed by atoms with E-state index in [1.165, 1.54) is 0 Å². The number of carbonyl (C=O) groups excluding carboxylic acids is 1. The number of aliphatic carboxylic acids is 1. The van der Waals surface area contributed by atoms with Gasteiger partial charge in [-0.25, -0.2) is 4.79 Å². The summed E-state index contributed by atoms with van der Waals surface area (Å²) in [7, 11) is 3.96. The summed E-state index contributed by atoms with van der Waals surface area (Å²) in [5, 5.41) is 11.1. The summed E-state index contributed by atoms with van der Waals surface area (Å²) in [4.78, 5) is 23.8. The molecule has 110 valence electrons. The van der Waals surface area contributed by atoms with Gasteiger partial charge in [0.05, 0.1) is 0 Å². The first-order chi connectivity index (χ1) is 9.49. The zero-order valence-electron chi connectivity index (χ0n) is 11.8. The number of nitrogens with zero attached hydrogens (tertiary/aromatic N) is 1. The van der Waals surface area contributed by atoms with Crippen LogP contribution >= 0.6 is 0 Å². The highest BCUT2D eigenvalue weighted by Gasteiger charge is 2.06. The molecule has 6 heteroatoms. The second-order valence-corrected chi connectivity index (χ2v) is 4.67. The second kappa shape index (κ2) is 8.29. The first kappa shape index (κ1) is 16.1. The van der Waals surface area contributed by atoms with Crippen LogP contribution in [0, 0.1) is 0 Å². The van der Waals surface area contributed by atoms with Crippen LogP contribution in [-0.4, -0.2) is 49.2 Å². The molecule has 0 aliphatic rings. The number of nitrogens with one attached hydrogen (secondary N) is 1. The fourth-order valence-corrected chi connectivity index (χ4v) is 1.70. The molecule has 0 aliphatic heterocycles. The first-order valence-electron chi connectivity index (χ1n) is 6.26. The van der Waals surface area contributed by atoms with Crippen molar-refractivity contribution in [1.82, 2.24) is 10.2 Å². The van der Waals surface area contributed by atoms with Crippen LogP contribution in [0.4, 0.5) is 0 Å². The highest BCUT2D eigenvalue weighted by Crippen LogP contribution is 2.10. The fraction of sp³-hybridized carbons (Fsp3) is 0.429. The maximum Gasteiger partial charge on any atom is 0.329 e. The number of carbonyl (C=O) groups is 2. The highest BCUT2D eigenvalue weighted by molar-refractivity contribution is 5.77. The van der Waals surface area contributed by atoms with Crippen LogP contribution in [0.5, 0.6) is 0 Å². The maximum atomic E-state index is 11.5. The quantitative estimate of drug-likeness (QED) is 0.723. The summed E-state index contributed by atoms with van der Waals surface area (Å²) in [6.07, 6.45) is 0. The molecule has 1 rings (SSSR count). The summed E-state index contributed by atoms with van der Waals surface area (Å²) in [5.74, 6) is -1.42. The number of carboxylic acids is 1. The Hall–Kier alpha value is -1.92. The Labute approximate surface area is 118 Å². The van der Waals surface area contributed by atoms with Crippen molar-refractivity contribution in [1.29, 1.82) is 0 Å². The van der Waals surface area contributed by atoms with E-state index < -0.39 is 12.6 Å². The fourth-order valence-electron chi connectivity index (χ4n) is 1.70. The molecular formula is C14H20N2O4. The predicted molar refractivity (Wildman–Crippen MR) is 74.1 cm³/mol. The van der Waals surface area contributed by atoms with E-state index in [2.05, 4.69) is 10.2 Å². The lowest BCUT2D eigenvalue weighted by Gasteiger charge is -2.14. The van der Waals surface area contributed by atoms with Crippen molar-refractivity contribution in [3.63, 3.8) is 0 Å². The lowest BCUT2D eigenvalue weighted by atomic mass is 10.1. The van der Waals surface area contributed by atoms with E-state index in [0.29, 0.717) is 6.54 Å². The molecule has 0 spiro atoms. The Morgan fingerprint density at radius 1 is 1.20 bits per heavy atom. The largest absolute Gasteiger partial charge is 0.480 e. The Morgan fingerprint density at radius 2 is 1.85 bits per heavy atom. The van der Waals surface area contributed by atoms with Crippen LogP contribution in [0.25, 0.3) is 0 Å². The van der Waals surface area contributed by atoms with E-state index in [1.54, 1.807) is 0 Å². The third-order valence-electron chi connectivity index (χ3n) is 2.54. The van der Waals surface area contributed by atoms with E-state index in [1.807, 2.05) is 38.4 Å². The van der Waals surface area contributed by atoms with Gasteiger partial charge in [-0.15, -0.1) is 0 Å². The Bertz CT molecular complexity index is 460. The van der Waals surface area contributed by atoms with Crippen LogP contribution in [0.3, 0.4) is 0 Å². The van der Waals surface area contributed by atoms with E-state index >= 15 is 0 Å². The second-order valence-electron chi connectivity index (χ2n) is 4.67. The monoisotopic (exact) mass is 280 g/mol.